The first-order valence-electron chi connectivity index (χ1n) is 8.07. The third-order valence-electron chi connectivity index (χ3n) is 5.35. The lowest BCUT2D eigenvalue weighted by Crippen LogP contribution is -2.35. The molecule has 1 saturated carbocycles. The third kappa shape index (κ3) is 2.15. The summed E-state index contributed by atoms with van der Waals surface area (Å²) in [7, 11) is 0. The van der Waals surface area contributed by atoms with Gasteiger partial charge in [-0.15, -0.1) is 0 Å². The monoisotopic (exact) mass is 282 g/mol. The summed E-state index contributed by atoms with van der Waals surface area (Å²) >= 11 is 0. The van der Waals surface area contributed by atoms with E-state index in [1.807, 2.05) is 0 Å². The molecule has 2 unspecified atom stereocenters. The molecule has 1 aromatic carbocycles. The molecule has 1 N–H and O–H groups in total. The zero-order chi connectivity index (χ0) is 14.4. The van der Waals surface area contributed by atoms with Gasteiger partial charge in [0.25, 0.3) is 0 Å². The molecule has 1 aliphatic carbocycles. The molecule has 3 heteroatoms. The summed E-state index contributed by atoms with van der Waals surface area (Å²) in [5.74, 6) is 1.77. The van der Waals surface area contributed by atoms with E-state index in [2.05, 4.69) is 47.3 Å². The Morgan fingerprint density at radius 2 is 2.14 bits per heavy atom. The van der Waals surface area contributed by atoms with Gasteiger partial charge in [-0.25, -0.2) is 0 Å². The second kappa shape index (κ2) is 4.90. The molecule has 1 amide bonds. The van der Waals surface area contributed by atoms with Gasteiger partial charge in [0, 0.05) is 36.1 Å². The Morgan fingerprint density at radius 1 is 1.29 bits per heavy atom. The van der Waals surface area contributed by atoms with Gasteiger partial charge >= 0.3 is 0 Å². The first kappa shape index (κ1) is 12.9. The van der Waals surface area contributed by atoms with Crippen LogP contribution in [0.25, 0.3) is 10.9 Å². The summed E-state index contributed by atoms with van der Waals surface area (Å²) < 4.78 is 0. The van der Waals surface area contributed by atoms with Crippen LogP contribution in [0.1, 0.15) is 31.7 Å². The van der Waals surface area contributed by atoms with Crippen LogP contribution < -0.4 is 0 Å². The Hall–Kier alpha value is -1.77. The van der Waals surface area contributed by atoms with Crippen molar-refractivity contribution in [3.8, 4) is 0 Å². The molecule has 21 heavy (non-hydrogen) atoms. The number of hydrogen-bond acceptors (Lipinski definition) is 1. The maximum atomic E-state index is 12.2. The van der Waals surface area contributed by atoms with Crippen molar-refractivity contribution in [2.45, 2.75) is 38.6 Å². The minimum atomic E-state index is 0.372. The molecule has 2 aliphatic rings. The quantitative estimate of drug-likeness (QED) is 0.920. The minimum absolute atomic E-state index is 0.372. The number of nitrogens with one attached hydrogen (secondary N) is 1. The summed E-state index contributed by atoms with van der Waals surface area (Å²) in [6, 6.07) is 8.91. The average molecular weight is 282 g/mol. The molecule has 4 rings (SSSR count). The van der Waals surface area contributed by atoms with Crippen LogP contribution >= 0.6 is 0 Å². The zero-order valence-corrected chi connectivity index (χ0v) is 12.5. The number of likely N-dealkylation sites (tertiary alicyclic amines) is 1. The molecule has 2 aromatic rings. The number of benzene rings is 1. The highest BCUT2D eigenvalue weighted by molar-refractivity contribution is 5.83. The van der Waals surface area contributed by atoms with Gasteiger partial charge in [0.1, 0.15) is 0 Å². The summed E-state index contributed by atoms with van der Waals surface area (Å²) in [6.07, 6.45) is 6.26. The van der Waals surface area contributed by atoms with Crippen LogP contribution in [0, 0.1) is 11.8 Å². The molecule has 2 fully saturated rings. The Labute approximate surface area is 125 Å². The Morgan fingerprint density at radius 3 is 3.05 bits per heavy atom. The predicted molar refractivity (Wildman–Crippen MR) is 84.0 cm³/mol. The lowest BCUT2D eigenvalue weighted by atomic mass is 10.0. The van der Waals surface area contributed by atoms with E-state index in [1.165, 1.54) is 29.3 Å². The third-order valence-corrected chi connectivity index (χ3v) is 5.35. The van der Waals surface area contributed by atoms with Crippen molar-refractivity contribution in [1.82, 2.24) is 9.88 Å². The maximum absolute atomic E-state index is 12.2. The number of carbonyl (C=O) groups excluding carboxylic acids is 1. The van der Waals surface area contributed by atoms with E-state index in [9.17, 15) is 4.79 Å². The number of fused-ring (bicyclic) bond motifs is 2. The highest BCUT2D eigenvalue weighted by Crippen LogP contribution is 2.41. The Kier molecular flexibility index (Phi) is 3.02. The van der Waals surface area contributed by atoms with Crippen LogP contribution in [0.15, 0.2) is 30.5 Å². The molecule has 0 radical (unpaired) electrons. The molecule has 0 bridgehead atoms. The molecule has 3 atom stereocenters. The SMILES string of the molecule is C[C@@H]1CC2CC(=O)N(CCc3c[nH]c4ccccc34)C2C1. The molecule has 110 valence electrons. The Balaban J connectivity index is 1.50. The fourth-order valence-corrected chi connectivity index (χ4v) is 4.37. The molecule has 1 saturated heterocycles. The van der Waals surface area contributed by atoms with Crippen LogP contribution in [0.3, 0.4) is 0 Å². The van der Waals surface area contributed by atoms with Crippen molar-refractivity contribution < 1.29 is 4.79 Å². The van der Waals surface area contributed by atoms with Gasteiger partial charge in [0.2, 0.25) is 5.91 Å². The molecule has 1 aliphatic heterocycles. The van der Waals surface area contributed by atoms with Crippen molar-refractivity contribution >= 4 is 16.8 Å². The van der Waals surface area contributed by atoms with Gasteiger partial charge in [-0.3, -0.25) is 4.79 Å². The van der Waals surface area contributed by atoms with E-state index in [1.54, 1.807) is 0 Å². The van der Waals surface area contributed by atoms with Crippen LogP contribution in [0.5, 0.6) is 0 Å². The normalized spacial score (nSPS) is 28.5. The van der Waals surface area contributed by atoms with Gasteiger partial charge in [-0.1, -0.05) is 25.1 Å². The lowest BCUT2D eigenvalue weighted by molar-refractivity contribution is -0.129. The smallest absolute Gasteiger partial charge is 0.223 e. The number of para-hydroxylation sites is 1. The topological polar surface area (TPSA) is 36.1 Å². The number of rotatable bonds is 3. The maximum Gasteiger partial charge on any atom is 0.223 e. The number of amides is 1. The number of aromatic nitrogens is 1. The molecular formula is C18H22N2O. The number of nitrogens with zero attached hydrogens (tertiary/aromatic N) is 1. The Bertz CT molecular complexity index is 675. The van der Waals surface area contributed by atoms with Gasteiger partial charge in [-0.2, -0.15) is 0 Å². The zero-order valence-electron chi connectivity index (χ0n) is 12.5. The molecule has 2 heterocycles. The van der Waals surface area contributed by atoms with Gasteiger partial charge in [-0.05, 0) is 42.7 Å². The van der Waals surface area contributed by atoms with Crippen LogP contribution in [-0.2, 0) is 11.2 Å². The predicted octanol–water partition coefficient (Wildman–Crippen LogP) is 3.36. The number of carbonyl (C=O) groups is 1. The first-order chi connectivity index (χ1) is 10.2. The largest absolute Gasteiger partial charge is 0.361 e. The average Bonchev–Trinajstić information content (AvgIpc) is 3.10. The van der Waals surface area contributed by atoms with E-state index < -0.39 is 0 Å². The van der Waals surface area contributed by atoms with Crippen LogP contribution in [0.4, 0.5) is 0 Å². The summed E-state index contributed by atoms with van der Waals surface area (Å²) in [5, 5.41) is 1.29. The number of H-pyrrole nitrogens is 1. The highest BCUT2D eigenvalue weighted by atomic mass is 16.2. The minimum Gasteiger partial charge on any atom is -0.361 e. The van der Waals surface area contributed by atoms with E-state index in [-0.39, 0.29) is 0 Å². The summed E-state index contributed by atoms with van der Waals surface area (Å²) in [4.78, 5) is 17.7. The van der Waals surface area contributed by atoms with Crippen molar-refractivity contribution in [3.05, 3.63) is 36.0 Å². The van der Waals surface area contributed by atoms with E-state index in [4.69, 9.17) is 0 Å². The number of aromatic amines is 1. The lowest BCUT2D eigenvalue weighted by Gasteiger charge is -2.24. The van der Waals surface area contributed by atoms with Crippen molar-refractivity contribution in [1.29, 1.82) is 0 Å². The highest BCUT2D eigenvalue weighted by Gasteiger charge is 2.44. The first-order valence-corrected chi connectivity index (χ1v) is 8.07. The van der Waals surface area contributed by atoms with Crippen molar-refractivity contribution in [3.63, 3.8) is 0 Å². The summed E-state index contributed by atoms with van der Waals surface area (Å²) in [6.45, 7) is 3.19. The van der Waals surface area contributed by atoms with Gasteiger partial charge in [0.15, 0.2) is 0 Å². The van der Waals surface area contributed by atoms with Crippen molar-refractivity contribution in [2.24, 2.45) is 11.8 Å². The number of hydrogen-bond donors (Lipinski definition) is 1. The standard InChI is InChI=1S/C18H22N2O/c1-12-8-14-10-18(21)20(17(14)9-12)7-6-13-11-19-16-5-3-2-4-15(13)16/h2-5,11-12,14,17,19H,6-10H2,1H3/t12-,14?,17?/m1/s1. The van der Waals surface area contributed by atoms with Crippen molar-refractivity contribution in [2.75, 3.05) is 6.54 Å². The second-order valence-corrected chi connectivity index (χ2v) is 6.80. The van der Waals surface area contributed by atoms with E-state index >= 15 is 0 Å². The van der Waals surface area contributed by atoms with Crippen LogP contribution in [0.2, 0.25) is 0 Å². The fraction of sp³-hybridized carbons (Fsp3) is 0.500. The van der Waals surface area contributed by atoms with E-state index in [0.29, 0.717) is 17.9 Å². The molecule has 1 aromatic heterocycles. The second-order valence-electron chi connectivity index (χ2n) is 6.80. The fourth-order valence-electron chi connectivity index (χ4n) is 4.37. The van der Waals surface area contributed by atoms with E-state index in [0.717, 1.165) is 25.3 Å². The summed E-state index contributed by atoms with van der Waals surface area (Å²) in [5.41, 5.74) is 2.51. The van der Waals surface area contributed by atoms with Gasteiger partial charge in [0.05, 0.1) is 0 Å². The molecule has 3 nitrogen and oxygen atoms in total. The molecule has 0 spiro atoms. The van der Waals surface area contributed by atoms with Crippen LogP contribution in [-0.4, -0.2) is 28.4 Å². The van der Waals surface area contributed by atoms with Gasteiger partial charge < -0.3 is 9.88 Å². The molecular weight excluding hydrogens is 260 g/mol.